The summed E-state index contributed by atoms with van der Waals surface area (Å²) in [7, 11) is 0. The van der Waals surface area contributed by atoms with Crippen LogP contribution in [0.4, 0.5) is 14.6 Å². The number of rotatable bonds is 5. The van der Waals surface area contributed by atoms with Gasteiger partial charge in [0.2, 0.25) is 0 Å². The van der Waals surface area contributed by atoms with Gasteiger partial charge >= 0.3 is 0 Å². The minimum Gasteiger partial charge on any atom is -0.304 e. The lowest BCUT2D eigenvalue weighted by Crippen LogP contribution is -2.13. The van der Waals surface area contributed by atoms with E-state index < -0.39 is 11.7 Å². The van der Waals surface area contributed by atoms with E-state index in [4.69, 9.17) is 11.6 Å². The van der Waals surface area contributed by atoms with Crippen LogP contribution in [0.25, 0.3) is 11.3 Å². The van der Waals surface area contributed by atoms with E-state index >= 15 is 0 Å². The number of carbonyl (C=O) groups is 1. The Balaban J connectivity index is 1.43. The van der Waals surface area contributed by atoms with Crippen molar-refractivity contribution in [2.75, 3.05) is 5.32 Å². The summed E-state index contributed by atoms with van der Waals surface area (Å²) in [6.07, 6.45) is 1.67. The van der Waals surface area contributed by atoms with Crippen molar-refractivity contribution in [1.82, 2.24) is 20.0 Å². The smallest absolute Gasteiger partial charge is 0.274 e. The number of halogens is 3. The lowest BCUT2D eigenvalue weighted by Gasteiger charge is -2.05. The third kappa shape index (κ3) is 4.33. The molecule has 0 radical (unpaired) electrons. The molecule has 0 aliphatic rings. The second kappa shape index (κ2) is 7.84. The SMILES string of the molecule is O=C(Nc1ccn(Cc2ccc(F)cc2Cl)n1)c1cc(-c2ccc(F)cc2)n[nH]1. The molecule has 1 amide bonds. The Kier molecular flexibility index (Phi) is 5.09. The Morgan fingerprint density at radius 3 is 2.59 bits per heavy atom. The molecule has 4 aromatic rings. The van der Waals surface area contributed by atoms with E-state index in [2.05, 4.69) is 20.6 Å². The van der Waals surface area contributed by atoms with Gasteiger partial charge in [0.25, 0.3) is 5.91 Å². The molecule has 0 aliphatic carbocycles. The quantitative estimate of drug-likeness (QED) is 0.505. The summed E-state index contributed by atoms with van der Waals surface area (Å²) in [5.41, 5.74) is 2.14. The third-order valence-electron chi connectivity index (χ3n) is 4.19. The second-order valence-electron chi connectivity index (χ2n) is 6.26. The van der Waals surface area contributed by atoms with E-state index in [0.29, 0.717) is 34.2 Å². The third-order valence-corrected chi connectivity index (χ3v) is 4.54. The fourth-order valence-corrected chi connectivity index (χ4v) is 2.96. The number of hydrogen-bond acceptors (Lipinski definition) is 3. The molecule has 2 aromatic carbocycles. The fraction of sp³-hybridized carbons (Fsp3) is 0.0500. The molecule has 0 saturated carbocycles. The van der Waals surface area contributed by atoms with Gasteiger partial charge in [-0.3, -0.25) is 14.6 Å². The average molecular weight is 414 g/mol. The van der Waals surface area contributed by atoms with Crippen LogP contribution in [0.5, 0.6) is 0 Å². The molecule has 4 rings (SSSR count). The molecule has 6 nitrogen and oxygen atoms in total. The van der Waals surface area contributed by atoms with Gasteiger partial charge in [0, 0.05) is 22.8 Å². The number of hydrogen-bond donors (Lipinski definition) is 2. The van der Waals surface area contributed by atoms with E-state index in [1.807, 2.05) is 0 Å². The average Bonchev–Trinajstić information content (AvgIpc) is 3.34. The summed E-state index contributed by atoms with van der Waals surface area (Å²) >= 11 is 6.03. The first-order valence-corrected chi connectivity index (χ1v) is 8.96. The van der Waals surface area contributed by atoms with Gasteiger partial charge in [0.15, 0.2) is 5.82 Å². The molecule has 2 N–H and O–H groups in total. The molecule has 0 saturated heterocycles. The molecule has 9 heteroatoms. The molecular formula is C20H14ClF2N5O. The molecule has 2 aromatic heterocycles. The highest BCUT2D eigenvalue weighted by Crippen LogP contribution is 2.20. The monoisotopic (exact) mass is 413 g/mol. The number of aromatic amines is 1. The van der Waals surface area contributed by atoms with E-state index in [0.717, 1.165) is 0 Å². The van der Waals surface area contributed by atoms with Gasteiger partial charge in [-0.1, -0.05) is 17.7 Å². The van der Waals surface area contributed by atoms with Gasteiger partial charge in [-0.25, -0.2) is 8.78 Å². The summed E-state index contributed by atoms with van der Waals surface area (Å²) in [5, 5.41) is 14.0. The molecule has 0 spiro atoms. The molecule has 2 heterocycles. The number of benzene rings is 2. The molecule has 0 aliphatic heterocycles. The van der Waals surface area contributed by atoms with Crippen LogP contribution in [-0.2, 0) is 6.54 Å². The Morgan fingerprint density at radius 2 is 1.83 bits per heavy atom. The number of anilines is 1. The van der Waals surface area contributed by atoms with Gasteiger partial charge in [0.1, 0.15) is 17.3 Å². The minimum absolute atomic E-state index is 0.237. The van der Waals surface area contributed by atoms with Crippen molar-refractivity contribution in [3.8, 4) is 11.3 Å². The highest BCUT2D eigenvalue weighted by atomic mass is 35.5. The molecule has 29 heavy (non-hydrogen) atoms. The van der Waals surface area contributed by atoms with Crippen molar-refractivity contribution in [3.05, 3.63) is 88.7 Å². The predicted octanol–water partition coefficient (Wildman–Crippen LogP) is 4.51. The first-order chi connectivity index (χ1) is 14.0. The minimum atomic E-state index is -0.420. The van der Waals surface area contributed by atoms with Crippen LogP contribution in [0.3, 0.4) is 0 Å². The number of H-pyrrole nitrogens is 1. The van der Waals surface area contributed by atoms with E-state index in [1.165, 1.54) is 24.3 Å². The van der Waals surface area contributed by atoms with Gasteiger partial charge in [-0.05, 0) is 48.0 Å². The molecule has 0 bridgehead atoms. The number of aromatic nitrogens is 4. The van der Waals surface area contributed by atoms with Crippen molar-refractivity contribution >= 4 is 23.3 Å². The number of nitrogens with one attached hydrogen (secondary N) is 2. The largest absolute Gasteiger partial charge is 0.304 e. The van der Waals surface area contributed by atoms with Crippen LogP contribution in [0.1, 0.15) is 16.1 Å². The molecule has 0 atom stereocenters. The topological polar surface area (TPSA) is 75.6 Å². The highest BCUT2D eigenvalue weighted by Gasteiger charge is 2.13. The van der Waals surface area contributed by atoms with Crippen molar-refractivity contribution < 1.29 is 13.6 Å². The van der Waals surface area contributed by atoms with Gasteiger partial charge < -0.3 is 5.32 Å². The molecular weight excluding hydrogens is 400 g/mol. The van der Waals surface area contributed by atoms with Gasteiger partial charge in [-0.2, -0.15) is 10.2 Å². The van der Waals surface area contributed by atoms with Gasteiger partial charge in [-0.15, -0.1) is 0 Å². The number of carbonyl (C=O) groups excluding carboxylic acids is 1. The van der Waals surface area contributed by atoms with Crippen LogP contribution < -0.4 is 5.32 Å². The van der Waals surface area contributed by atoms with Crippen molar-refractivity contribution in [2.24, 2.45) is 0 Å². The maximum Gasteiger partial charge on any atom is 0.274 e. The van der Waals surface area contributed by atoms with E-state index in [1.54, 1.807) is 41.2 Å². The maximum atomic E-state index is 13.1. The van der Waals surface area contributed by atoms with Crippen LogP contribution in [-0.4, -0.2) is 25.9 Å². The Hall–Kier alpha value is -3.52. The lowest BCUT2D eigenvalue weighted by molar-refractivity contribution is 0.102. The van der Waals surface area contributed by atoms with Crippen LogP contribution in [0, 0.1) is 11.6 Å². The maximum absolute atomic E-state index is 13.1. The van der Waals surface area contributed by atoms with Crippen molar-refractivity contribution in [1.29, 1.82) is 0 Å². The first-order valence-electron chi connectivity index (χ1n) is 8.58. The fourth-order valence-electron chi connectivity index (χ4n) is 2.73. The Morgan fingerprint density at radius 1 is 1.07 bits per heavy atom. The molecule has 0 fully saturated rings. The summed E-state index contributed by atoms with van der Waals surface area (Å²) < 4.78 is 27.8. The molecule has 0 unspecified atom stereocenters. The summed E-state index contributed by atoms with van der Waals surface area (Å²) in [6.45, 7) is 0.327. The summed E-state index contributed by atoms with van der Waals surface area (Å²) in [4.78, 5) is 12.4. The highest BCUT2D eigenvalue weighted by molar-refractivity contribution is 6.31. The zero-order valence-corrected chi connectivity index (χ0v) is 15.6. The molecule has 146 valence electrons. The van der Waals surface area contributed by atoms with E-state index in [9.17, 15) is 13.6 Å². The standard InChI is InChI=1S/C20H14ClF2N5O/c21-16-9-15(23)6-3-13(16)11-28-8-7-19(27-28)24-20(29)18-10-17(25-26-18)12-1-4-14(22)5-2-12/h1-10H,11H2,(H,25,26)(H,24,27,29). The Labute approximate surface area is 169 Å². The van der Waals surface area contributed by atoms with Crippen LogP contribution in [0.15, 0.2) is 60.8 Å². The normalized spacial score (nSPS) is 10.9. The number of nitrogens with zero attached hydrogens (tertiary/aromatic N) is 3. The lowest BCUT2D eigenvalue weighted by atomic mass is 10.1. The zero-order chi connectivity index (χ0) is 20.4. The van der Waals surface area contributed by atoms with Crippen LogP contribution >= 0.6 is 11.6 Å². The first kappa shape index (κ1) is 18.8. The summed E-state index contributed by atoms with van der Waals surface area (Å²) in [6, 6.07) is 13.1. The van der Waals surface area contributed by atoms with Crippen molar-refractivity contribution in [3.63, 3.8) is 0 Å². The summed E-state index contributed by atoms with van der Waals surface area (Å²) in [5.74, 6) is -0.839. The predicted molar refractivity (Wildman–Crippen MR) is 105 cm³/mol. The zero-order valence-electron chi connectivity index (χ0n) is 14.9. The van der Waals surface area contributed by atoms with Crippen LogP contribution in [0.2, 0.25) is 5.02 Å². The van der Waals surface area contributed by atoms with Crippen molar-refractivity contribution in [2.45, 2.75) is 6.54 Å². The Bertz CT molecular complexity index is 1170. The van der Waals surface area contributed by atoms with Gasteiger partial charge in [0.05, 0.1) is 12.2 Å². The second-order valence-corrected chi connectivity index (χ2v) is 6.67. The van der Waals surface area contributed by atoms with E-state index in [-0.39, 0.29) is 11.5 Å². The number of amides is 1.